The van der Waals surface area contributed by atoms with Gasteiger partial charge in [-0.25, -0.2) is 13.1 Å². The molecule has 3 aliphatic rings. The highest BCUT2D eigenvalue weighted by Crippen LogP contribution is 2.57. The number of rotatable bonds is 3. The Morgan fingerprint density at radius 2 is 2.05 bits per heavy atom. The van der Waals surface area contributed by atoms with Gasteiger partial charge in [0.25, 0.3) is 10.0 Å². The number of amides is 1. The maximum absolute atomic E-state index is 12.4. The number of fused-ring (bicyclic) bond motifs is 1. The van der Waals surface area contributed by atoms with Gasteiger partial charge in [0.05, 0.1) is 24.7 Å². The van der Waals surface area contributed by atoms with E-state index >= 15 is 0 Å². The van der Waals surface area contributed by atoms with Crippen LogP contribution in [0.4, 0.5) is 0 Å². The Morgan fingerprint density at radius 3 is 2.82 bits per heavy atom. The van der Waals surface area contributed by atoms with Crippen LogP contribution in [0, 0.1) is 11.3 Å². The van der Waals surface area contributed by atoms with Crippen molar-refractivity contribution in [1.29, 1.82) is 0 Å². The second-order valence-electron chi connectivity index (χ2n) is 6.31. The van der Waals surface area contributed by atoms with Gasteiger partial charge in [-0.05, 0) is 36.1 Å². The summed E-state index contributed by atoms with van der Waals surface area (Å²) < 4.78 is 37.6. The molecule has 22 heavy (non-hydrogen) atoms. The van der Waals surface area contributed by atoms with Gasteiger partial charge in [0.15, 0.2) is 0 Å². The molecule has 2 aliphatic heterocycles. The molecule has 1 aromatic rings. The molecule has 6 nitrogen and oxygen atoms in total. The normalized spacial score (nSPS) is 29.5. The van der Waals surface area contributed by atoms with E-state index in [1.807, 2.05) is 0 Å². The van der Waals surface area contributed by atoms with Gasteiger partial charge in [-0.15, -0.1) is 0 Å². The Bertz CT molecular complexity index is 736. The standard InChI is InChI=1S/C15H17NO5S/c17-14(13-6-15(13)3-4-20-9-15)16-22(18,19)12-2-1-10-7-21-8-11(10)5-12/h1-2,5,13H,3-4,6-9H2,(H,16,17). The van der Waals surface area contributed by atoms with Gasteiger partial charge in [-0.2, -0.15) is 0 Å². The molecule has 1 saturated heterocycles. The van der Waals surface area contributed by atoms with Crippen LogP contribution in [0.3, 0.4) is 0 Å². The Morgan fingerprint density at radius 1 is 1.23 bits per heavy atom. The lowest BCUT2D eigenvalue weighted by Gasteiger charge is -2.10. The van der Waals surface area contributed by atoms with Gasteiger partial charge in [0.2, 0.25) is 5.91 Å². The van der Waals surface area contributed by atoms with E-state index in [2.05, 4.69) is 4.72 Å². The summed E-state index contributed by atoms with van der Waals surface area (Å²) in [6, 6.07) is 4.84. The highest BCUT2D eigenvalue weighted by atomic mass is 32.2. The molecule has 1 spiro atoms. The maximum atomic E-state index is 12.4. The van der Waals surface area contributed by atoms with Crippen molar-refractivity contribution < 1.29 is 22.7 Å². The number of hydrogen-bond acceptors (Lipinski definition) is 5. The quantitative estimate of drug-likeness (QED) is 0.895. The van der Waals surface area contributed by atoms with E-state index in [1.54, 1.807) is 12.1 Å². The molecular weight excluding hydrogens is 306 g/mol. The van der Waals surface area contributed by atoms with Crippen LogP contribution in [0.5, 0.6) is 0 Å². The van der Waals surface area contributed by atoms with E-state index in [0.29, 0.717) is 32.8 Å². The summed E-state index contributed by atoms with van der Waals surface area (Å²) in [6.45, 7) is 2.13. The number of nitrogens with one attached hydrogen (secondary N) is 1. The van der Waals surface area contributed by atoms with Gasteiger partial charge in [0, 0.05) is 17.9 Å². The average molecular weight is 323 g/mol. The van der Waals surface area contributed by atoms with Crippen LogP contribution in [0.15, 0.2) is 23.1 Å². The summed E-state index contributed by atoms with van der Waals surface area (Å²) in [7, 11) is -3.83. The molecule has 1 aromatic carbocycles. The third kappa shape index (κ3) is 2.24. The Kier molecular flexibility index (Phi) is 3.08. The molecule has 0 bridgehead atoms. The van der Waals surface area contributed by atoms with Crippen LogP contribution < -0.4 is 4.72 Å². The first-order valence-electron chi connectivity index (χ1n) is 7.34. The largest absolute Gasteiger partial charge is 0.381 e. The lowest BCUT2D eigenvalue weighted by molar-refractivity contribution is -0.121. The summed E-state index contributed by atoms with van der Waals surface area (Å²) in [5, 5.41) is 0. The number of sulfonamides is 1. The van der Waals surface area contributed by atoms with Crippen LogP contribution in [-0.4, -0.2) is 27.5 Å². The fourth-order valence-corrected chi connectivity index (χ4v) is 4.42. The van der Waals surface area contributed by atoms with E-state index in [1.165, 1.54) is 6.07 Å². The average Bonchev–Trinajstić information content (AvgIpc) is 2.84. The zero-order valence-corrected chi connectivity index (χ0v) is 12.8. The van der Waals surface area contributed by atoms with Gasteiger partial charge in [0.1, 0.15) is 0 Å². The molecule has 2 heterocycles. The van der Waals surface area contributed by atoms with Gasteiger partial charge in [-0.3, -0.25) is 4.79 Å². The number of ether oxygens (including phenoxy) is 2. The lowest BCUT2D eigenvalue weighted by Crippen LogP contribution is -2.33. The predicted molar refractivity (Wildman–Crippen MR) is 76.2 cm³/mol. The SMILES string of the molecule is O=C(NS(=O)(=O)c1ccc2c(c1)COC2)C1CC12CCOC2. The van der Waals surface area contributed by atoms with Crippen molar-refractivity contribution in [3.63, 3.8) is 0 Å². The topological polar surface area (TPSA) is 81.7 Å². The Balaban J connectivity index is 1.51. The summed E-state index contributed by atoms with van der Waals surface area (Å²) in [4.78, 5) is 12.3. The molecule has 4 rings (SSSR count). The molecule has 1 amide bonds. The van der Waals surface area contributed by atoms with Gasteiger partial charge in [-0.1, -0.05) is 6.07 Å². The first-order valence-corrected chi connectivity index (χ1v) is 8.82. The minimum atomic E-state index is -3.83. The minimum absolute atomic E-state index is 0.113. The van der Waals surface area contributed by atoms with Crippen LogP contribution >= 0.6 is 0 Å². The van der Waals surface area contributed by atoms with Crippen LogP contribution in [-0.2, 0) is 37.5 Å². The molecular formula is C15H17NO5S. The second-order valence-corrected chi connectivity index (χ2v) is 8.00. The lowest BCUT2D eigenvalue weighted by atomic mass is 10.0. The third-order valence-corrected chi connectivity index (χ3v) is 6.22. The summed E-state index contributed by atoms with van der Waals surface area (Å²) in [6.07, 6.45) is 1.55. The van der Waals surface area contributed by atoms with Crippen molar-refractivity contribution in [2.24, 2.45) is 11.3 Å². The molecule has 2 unspecified atom stereocenters. The molecule has 7 heteroatoms. The van der Waals surface area contributed by atoms with Crippen molar-refractivity contribution in [2.75, 3.05) is 13.2 Å². The van der Waals surface area contributed by atoms with Crippen molar-refractivity contribution in [1.82, 2.24) is 4.72 Å². The number of hydrogen-bond donors (Lipinski definition) is 1. The highest BCUT2D eigenvalue weighted by Gasteiger charge is 2.60. The third-order valence-electron chi connectivity index (χ3n) is 4.88. The number of carbonyl (C=O) groups excluding carboxylic acids is 1. The monoisotopic (exact) mass is 323 g/mol. The van der Waals surface area contributed by atoms with Gasteiger partial charge >= 0.3 is 0 Å². The predicted octanol–water partition coefficient (Wildman–Crippen LogP) is 0.948. The van der Waals surface area contributed by atoms with Gasteiger partial charge < -0.3 is 9.47 Å². The van der Waals surface area contributed by atoms with Crippen molar-refractivity contribution in [3.05, 3.63) is 29.3 Å². The number of carbonyl (C=O) groups is 1. The Hall–Kier alpha value is -1.44. The molecule has 0 radical (unpaired) electrons. The van der Waals surface area contributed by atoms with E-state index in [4.69, 9.17) is 9.47 Å². The summed E-state index contributed by atoms with van der Waals surface area (Å²) in [5.74, 6) is -0.662. The smallest absolute Gasteiger partial charge is 0.264 e. The Labute approximate surface area is 128 Å². The first kappa shape index (κ1) is 14.2. The fraction of sp³-hybridized carbons (Fsp3) is 0.533. The number of benzene rings is 1. The van der Waals surface area contributed by atoms with Crippen LogP contribution in [0.2, 0.25) is 0 Å². The zero-order chi connectivity index (χ0) is 15.4. The summed E-state index contributed by atoms with van der Waals surface area (Å²) in [5.41, 5.74) is 1.74. The molecule has 2 atom stereocenters. The van der Waals surface area contributed by atoms with E-state index < -0.39 is 15.9 Å². The van der Waals surface area contributed by atoms with Crippen molar-refractivity contribution >= 4 is 15.9 Å². The van der Waals surface area contributed by atoms with E-state index in [-0.39, 0.29) is 16.2 Å². The molecule has 118 valence electrons. The van der Waals surface area contributed by atoms with E-state index in [0.717, 1.165) is 17.5 Å². The van der Waals surface area contributed by atoms with Crippen LogP contribution in [0.25, 0.3) is 0 Å². The van der Waals surface area contributed by atoms with E-state index in [9.17, 15) is 13.2 Å². The molecule has 0 aromatic heterocycles. The highest BCUT2D eigenvalue weighted by molar-refractivity contribution is 7.90. The zero-order valence-electron chi connectivity index (χ0n) is 12.0. The second kappa shape index (κ2) is 4.78. The van der Waals surface area contributed by atoms with Crippen LogP contribution in [0.1, 0.15) is 24.0 Å². The molecule has 1 saturated carbocycles. The van der Waals surface area contributed by atoms with Crippen molar-refractivity contribution in [3.8, 4) is 0 Å². The maximum Gasteiger partial charge on any atom is 0.264 e. The molecule has 1 aliphatic carbocycles. The first-order chi connectivity index (χ1) is 10.5. The fourth-order valence-electron chi connectivity index (χ4n) is 3.36. The molecule has 2 fully saturated rings. The molecule has 1 N–H and O–H groups in total. The summed E-state index contributed by atoms with van der Waals surface area (Å²) >= 11 is 0. The minimum Gasteiger partial charge on any atom is -0.381 e. The van der Waals surface area contributed by atoms with Crippen molar-refractivity contribution in [2.45, 2.75) is 31.0 Å².